The van der Waals surface area contributed by atoms with Crippen molar-refractivity contribution in [2.75, 3.05) is 18.6 Å². The third kappa shape index (κ3) is 4.83. The van der Waals surface area contributed by atoms with E-state index in [9.17, 15) is 18.7 Å². The van der Waals surface area contributed by atoms with Crippen LogP contribution in [0.5, 0.6) is 11.5 Å². The number of rotatable bonds is 8. The second kappa shape index (κ2) is 9.36. The number of anilines is 1. The Kier molecular flexibility index (Phi) is 6.17. The lowest BCUT2D eigenvalue weighted by molar-refractivity contribution is -0.286. The van der Waals surface area contributed by atoms with Gasteiger partial charge in [0.2, 0.25) is 5.91 Å². The molecule has 3 heterocycles. The van der Waals surface area contributed by atoms with Crippen LogP contribution in [0.25, 0.3) is 10.9 Å². The first-order valence-corrected chi connectivity index (χ1v) is 13.3. The predicted molar refractivity (Wildman–Crippen MR) is 145 cm³/mol. The summed E-state index contributed by atoms with van der Waals surface area (Å²) >= 11 is 0. The van der Waals surface area contributed by atoms with Crippen molar-refractivity contribution in [3.05, 3.63) is 53.7 Å². The number of carbonyl (C=O) groups excluding carboxylic acids is 1. The SMILES string of the molecule is CC(C)(C)c1cc2cc(NC(=O)C3(c4ccc5c(c4)OC(F)(F)O5)CC3)ccc2n1CC(CO)CC1=NCN=N1. The number of azo groups is 1. The number of carbonyl (C=O) groups is 1. The second-order valence-electron chi connectivity index (χ2n) is 11.7. The topological polar surface area (TPSA) is 110 Å². The minimum atomic E-state index is -3.70. The van der Waals surface area contributed by atoms with Gasteiger partial charge < -0.3 is 24.5 Å². The summed E-state index contributed by atoms with van der Waals surface area (Å²) in [4.78, 5) is 17.7. The molecule has 1 fully saturated rings. The number of aliphatic imine (C=N–C) groups is 1. The molecule has 0 saturated heterocycles. The summed E-state index contributed by atoms with van der Waals surface area (Å²) in [6.45, 7) is 7.34. The number of ether oxygens (including phenoxy) is 2. The van der Waals surface area contributed by atoms with Gasteiger partial charge in [-0.1, -0.05) is 26.8 Å². The maximum absolute atomic E-state index is 13.5. The Morgan fingerprint density at radius 1 is 1.12 bits per heavy atom. The number of alkyl halides is 2. The molecule has 1 saturated carbocycles. The molecule has 3 aromatic rings. The largest absolute Gasteiger partial charge is 0.586 e. The highest BCUT2D eigenvalue weighted by Gasteiger charge is 2.52. The van der Waals surface area contributed by atoms with Crippen LogP contribution >= 0.6 is 0 Å². The van der Waals surface area contributed by atoms with Crippen molar-refractivity contribution in [1.82, 2.24) is 4.57 Å². The number of hydrogen-bond acceptors (Lipinski definition) is 7. The van der Waals surface area contributed by atoms with E-state index in [0.29, 0.717) is 49.6 Å². The van der Waals surface area contributed by atoms with Crippen molar-refractivity contribution in [2.45, 2.75) is 63.7 Å². The van der Waals surface area contributed by atoms with Crippen LogP contribution in [0.3, 0.4) is 0 Å². The van der Waals surface area contributed by atoms with Crippen LogP contribution in [-0.4, -0.2) is 41.0 Å². The Morgan fingerprint density at radius 2 is 1.90 bits per heavy atom. The quantitative estimate of drug-likeness (QED) is 0.371. The van der Waals surface area contributed by atoms with Gasteiger partial charge in [0.05, 0.1) is 5.41 Å². The van der Waals surface area contributed by atoms with Gasteiger partial charge in [-0.25, -0.2) is 4.99 Å². The Labute approximate surface area is 229 Å². The van der Waals surface area contributed by atoms with Gasteiger partial charge in [0.1, 0.15) is 5.84 Å². The predicted octanol–water partition coefficient (Wildman–Crippen LogP) is 5.75. The molecule has 2 aromatic carbocycles. The summed E-state index contributed by atoms with van der Waals surface area (Å²) in [7, 11) is 0. The van der Waals surface area contributed by atoms with Gasteiger partial charge in [-0.15, -0.1) is 13.9 Å². The van der Waals surface area contributed by atoms with E-state index in [4.69, 9.17) is 0 Å². The van der Waals surface area contributed by atoms with Crippen molar-refractivity contribution in [3.8, 4) is 11.5 Å². The van der Waals surface area contributed by atoms with Crippen LogP contribution in [0.4, 0.5) is 14.5 Å². The first kappa shape index (κ1) is 26.4. The lowest BCUT2D eigenvalue weighted by Gasteiger charge is -2.24. The number of amidine groups is 1. The monoisotopic (exact) mass is 551 g/mol. The molecule has 1 unspecified atom stereocenters. The number of amides is 1. The number of fused-ring (bicyclic) bond motifs is 2. The minimum Gasteiger partial charge on any atom is -0.396 e. The number of nitrogens with one attached hydrogen (secondary N) is 1. The van der Waals surface area contributed by atoms with Gasteiger partial charge in [0.25, 0.3) is 0 Å². The van der Waals surface area contributed by atoms with E-state index in [0.717, 1.165) is 16.6 Å². The van der Waals surface area contributed by atoms with Gasteiger partial charge in [-0.3, -0.25) is 4.79 Å². The van der Waals surface area contributed by atoms with Crippen LogP contribution in [0.1, 0.15) is 51.3 Å². The maximum atomic E-state index is 13.5. The molecule has 11 heteroatoms. The zero-order chi connectivity index (χ0) is 28.3. The number of benzene rings is 2. The Bertz CT molecular complexity index is 1550. The van der Waals surface area contributed by atoms with Crippen molar-refractivity contribution in [3.63, 3.8) is 0 Å². The number of hydrogen-bond donors (Lipinski definition) is 2. The highest BCUT2D eigenvalue weighted by molar-refractivity contribution is 6.02. The highest BCUT2D eigenvalue weighted by atomic mass is 19.3. The normalized spacial score (nSPS) is 19.1. The molecular weight excluding hydrogens is 520 g/mol. The van der Waals surface area contributed by atoms with Crippen molar-refractivity contribution >= 4 is 28.3 Å². The summed E-state index contributed by atoms with van der Waals surface area (Å²) in [6, 6.07) is 12.4. The Balaban J connectivity index is 1.25. The molecule has 0 bridgehead atoms. The summed E-state index contributed by atoms with van der Waals surface area (Å²) in [6.07, 6.45) is -1.95. The third-order valence-electron chi connectivity index (χ3n) is 7.74. The van der Waals surface area contributed by atoms with Gasteiger partial charge in [0.15, 0.2) is 18.2 Å². The summed E-state index contributed by atoms with van der Waals surface area (Å²) in [5.74, 6) is 0.271. The number of aliphatic hydroxyl groups excluding tert-OH is 1. The van der Waals surface area contributed by atoms with Crippen molar-refractivity contribution in [1.29, 1.82) is 0 Å². The van der Waals surface area contributed by atoms with Crippen LogP contribution in [0.2, 0.25) is 0 Å². The van der Waals surface area contributed by atoms with Gasteiger partial charge in [-0.2, -0.15) is 5.11 Å². The average Bonchev–Trinajstić information content (AvgIpc) is 3.21. The first-order valence-electron chi connectivity index (χ1n) is 13.3. The fourth-order valence-electron chi connectivity index (χ4n) is 5.50. The van der Waals surface area contributed by atoms with Gasteiger partial charge in [0, 0.05) is 53.2 Å². The molecule has 0 radical (unpaired) electrons. The van der Waals surface area contributed by atoms with E-state index < -0.39 is 11.7 Å². The van der Waals surface area contributed by atoms with Crippen molar-refractivity contribution in [2.24, 2.45) is 21.1 Å². The van der Waals surface area contributed by atoms with E-state index in [2.05, 4.69) is 61.4 Å². The minimum absolute atomic E-state index is 0.00841. The fourth-order valence-corrected chi connectivity index (χ4v) is 5.50. The van der Waals surface area contributed by atoms with Crippen LogP contribution in [-0.2, 0) is 22.2 Å². The standard InChI is InChI=1S/C29H31F2N5O4/c1-27(2,3)24-12-18-11-20(5-6-21(18)36(24)14-17(15-37)10-25-32-16-33-35-25)34-26(38)28(8-9-28)19-4-7-22-23(13-19)40-29(30,31)39-22/h4-7,11-13,17,37H,8-10,14-16H2,1-3H3,(H,34,38). The molecule has 40 heavy (non-hydrogen) atoms. The Hall–Kier alpha value is -3.86. The second-order valence-corrected chi connectivity index (χ2v) is 11.7. The molecule has 1 amide bonds. The first-order chi connectivity index (χ1) is 19.0. The lowest BCUT2D eigenvalue weighted by Crippen LogP contribution is -2.28. The van der Waals surface area contributed by atoms with Crippen LogP contribution in [0.15, 0.2) is 57.7 Å². The summed E-state index contributed by atoms with van der Waals surface area (Å²) in [5, 5.41) is 22.1. The molecule has 1 aromatic heterocycles. The zero-order valence-corrected chi connectivity index (χ0v) is 22.6. The molecule has 6 rings (SSSR count). The molecule has 3 aliphatic rings. The van der Waals surface area contributed by atoms with E-state index >= 15 is 0 Å². The highest BCUT2D eigenvalue weighted by Crippen LogP contribution is 2.52. The molecule has 9 nitrogen and oxygen atoms in total. The van der Waals surface area contributed by atoms with E-state index in [1.165, 1.54) is 12.1 Å². The number of halogens is 2. The van der Waals surface area contributed by atoms with Crippen LogP contribution in [0, 0.1) is 5.92 Å². The molecule has 0 spiro atoms. The van der Waals surface area contributed by atoms with E-state index in [1.807, 2.05) is 18.2 Å². The summed E-state index contributed by atoms with van der Waals surface area (Å²) < 4.78 is 38.3. The molecule has 210 valence electrons. The van der Waals surface area contributed by atoms with E-state index in [-0.39, 0.29) is 35.3 Å². The maximum Gasteiger partial charge on any atom is 0.586 e. The average molecular weight is 552 g/mol. The molecular formula is C29H31F2N5O4. The van der Waals surface area contributed by atoms with Crippen LogP contribution < -0.4 is 14.8 Å². The lowest BCUT2D eigenvalue weighted by atomic mass is 9.91. The third-order valence-corrected chi connectivity index (χ3v) is 7.74. The smallest absolute Gasteiger partial charge is 0.396 e. The zero-order valence-electron chi connectivity index (χ0n) is 22.6. The van der Waals surface area contributed by atoms with Gasteiger partial charge >= 0.3 is 6.29 Å². The summed E-state index contributed by atoms with van der Waals surface area (Å²) in [5.41, 5.74) is 2.40. The number of aromatic nitrogens is 1. The van der Waals surface area contributed by atoms with Gasteiger partial charge in [-0.05, 0) is 54.8 Å². The van der Waals surface area contributed by atoms with E-state index in [1.54, 1.807) is 6.07 Å². The molecule has 1 aliphatic carbocycles. The molecule has 2 aliphatic heterocycles. The molecule has 2 N–H and O–H groups in total. The Morgan fingerprint density at radius 3 is 2.58 bits per heavy atom. The van der Waals surface area contributed by atoms with Crippen molar-refractivity contribution < 1.29 is 28.2 Å². The number of aliphatic hydroxyl groups is 1. The number of nitrogens with zero attached hydrogens (tertiary/aromatic N) is 4. The fraction of sp³-hybridized carbons (Fsp3) is 0.448. The molecule has 1 atom stereocenters.